The first-order chi connectivity index (χ1) is 12.1. The van der Waals surface area contributed by atoms with E-state index in [0.29, 0.717) is 22.3 Å². The van der Waals surface area contributed by atoms with Gasteiger partial charge in [0.1, 0.15) is 5.75 Å². The van der Waals surface area contributed by atoms with Gasteiger partial charge in [0.2, 0.25) is 5.88 Å². The largest absolute Gasteiger partial charge is 0.438 e. The lowest BCUT2D eigenvalue weighted by atomic mass is 10.1. The number of nitrogens with zero attached hydrogens (tertiary/aromatic N) is 2. The molecule has 0 aliphatic carbocycles. The maximum atomic E-state index is 12.1. The molecule has 3 rings (SSSR count). The second-order valence-electron chi connectivity index (χ2n) is 5.43. The summed E-state index contributed by atoms with van der Waals surface area (Å²) in [6.07, 6.45) is 3.33. The lowest BCUT2D eigenvalue weighted by molar-refractivity contribution is 0.104. The first-order valence-electron chi connectivity index (χ1n) is 7.66. The number of aryl methyl sites for hydroxylation is 1. The number of carbonyl (C=O) groups is 1. The van der Waals surface area contributed by atoms with E-state index < -0.39 is 0 Å². The minimum Gasteiger partial charge on any atom is -0.438 e. The van der Waals surface area contributed by atoms with Crippen molar-refractivity contribution in [3.8, 4) is 11.6 Å². The van der Waals surface area contributed by atoms with Crippen molar-refractivity contribution in [1.82, 2.24) is 10.2 Å². The minimum absolute atomic E-state index is 0.0308. The molecule has 0 spiro atoms. The van der Waals surface area contributed by atoms with Crippen LogP contribution in [-0.4, -0.2) is 16.0 Å². The number of carbonyl (C=O) groups excluding carboxylic acids is 1. The summed E-state index contributed by atoms with van der Waals surface area (Å²) in [6, 6.07) is 18.1. The van der Waals surface area contributed by atoms with E-state index in [9.17, 15) is 4.79 Å². The number of halogens is 1. The standard InChI is InChI=1S/C20H15ClN2O2/c1-14-2-7-16(8-3-14)18(24)11-6-15-4-9-17(10-5-15)25-20-13-12-19(21)22-23-20/h2-13H,1H3/b11-6+. The third-order valence-corrected chi connectivity index (χ3v) is 3.67. The molecule has 0 aliphatic rings. The van der Waals surface area contributed by atoms with E-state index >= 15 is 0 Å². The Bertz CT molecular complexity index is 886. The van der Waals surface area contributed by atoms with Crippen LogP contribution in [0.3, 0.4) is 0 Å². The molecule has 0 bridgehead atoms. The van der Waals surface area contributed by atoms with Crippen molar-refractivity contribution < 1.29 is 9.53 Å². The Morgan fingerprint density at radius 1 is 0.960 bits per heavy atom. The van der Waals surface area contributed by atoms with Crippen LogP contribution in [-0.2, 0) is 0 Å². The zero-order valence-electron chi connectivity index (χ0n) is 13.5. The highest BCUT2D eigenvalue weighted by Crippen LogP contribution is 2.20. The summed E-state index contributed by atoms with van der Waals surface area (Å²) in [4.78, 5) is 12.1. The fraction of sp³-hybridized carbons (Fsp3) is 0.0500. The molecule has 0 radical (unpaired) electrons. The molecule has 3 aromatic rings. The quantitative estimate of drug-likeness (QED) is 0.473. The predicted octanol–water partition coefficient (Wildman–Crippen LogP) is 5.13. The molecule has 124 valence electrons. The fourth-order valence-electron chi connectivity index (χ4n) is 2.11. The van der Waals surface area contributed by atoms with Crippen LogP contribution in [0.1, 0.15) is 21.5 Å². The van der Waals surface area contributed by atoms with E-state index in [1.165, 1.54) is 0 Å². The maximum absolute atomic E-state index is 12.1. The zero-order chi connectivity index (χ0) is 17.6. The second kappa shape index (κ2) is 7.73. The Morgan fingerprint density at radius 3 is 2.32 bits per heavy atom. The molecule has 25 heavy (non-hydrogen) atoms. The topological polar surface area (TPSA) is 52.1 Å². The summed E-state index contributed by atoms with van der Waals surface area (Å²) >= 11 is 5.68. The van der Waals surface area contributed by atoms with E-state index in [-0.39, 0.29) is 5.78 Å². The lowest BCUT2D eigenvalue weighted by Gasteiger charge is -2.04. The van der Waals surface area contributed by atoms with Crippen LogP contribution >= 0.6 is 11.6 Å². The maximum Gasteiger partial charge on any atom is 0.238 e. The van der Waals surface area contributed by atoms with Gasteiger partial charge in [-0.05, 0) is 36.8 Å². The molecule has 0 saturated carbocycles. The van der Waals surface area contributed by atoms with Gasteiger partial charge in [-0.25, -0.2) is 0 Å². The molecule has 0 saturated heterocycles. The highest BCUT2D eigenvalue weighted by Gasteiger charge is 2.02. The van der Waals surface area contributed by atoms with Crippen molar-refractivity contribution in [3.05, 3.63) is 88.6 Å². The Balaban J connectivity index is 1.64. The summed E-state index contributed by atoms with van der Waals surface area (Å²) < 4.78 is 5.57. The van der Waals surface area contributed by atoms with Gasteiger partial charge in [0.15, 0.2) is 10.9 Å². The molecule has 1 aromatic heterocycles. The molecule has 0 aliphatic heterocycles. The monoisotopic (exact) mass is 350 g/mol. The molecule has 4 nitrogen and oxygen atoms in total. The van der Waals surface area contributed by atoms with Gasteiger partial charge in [-0.15, -0.1) is 10.2 Å². The minimum atomic E-state index is -0.0308. The van der Waals surface area contributed by atoms with Gasteiger partial charge in [-0.1, -0.05) is 59.6 Å². The highest BCUT2D eigenvalue weighted by molar-refractivity contribution is 6.29. The van der Waals surface area contributed by atoms with Crippen molar-refractivity contribution in [2.24, 2.45) is 0 Å². The number of benzene rings is 2. The summed E-state index contributed by atoms with van der Waals surface area (Å²) in [7, 11) is 0. The number of hydrogen-bond acceptors (Lipinski definition) is 4. The third-order valence-electron chi connectivity index (χ3n) is 3.47. The molecular formula is C20H15ClN2O2. The molecule has 0 atom stereocenters. The second-order valence-corrected chi connectivity index (χ2v) is 5.82. The van der Waals surface area contributed by atoms with Crippen molar-refractivity contribution in [1.29, 1.82) is 0 Å². The molecular weight excluding hydrogens is 336 g/mol. The molecule has 5 heteroatoms. The summed E-state index contributed by atoms with van der Waals surface area (Å²) in [5.41, 5.74) is 2.69. The number of ether oxygens (including phenoxy) is 1. The highest BCUT2D eigenvalue weighted by atomic mass is 35.5. The van der Waals surface area contributed by atoms with Crippen molar-refractivity contribution >= 4 is 23.5 Å². The van der Waals surface area contributed by atoms with Gasteiger partial charge >= 0.3 is 0 Å². The van der Waals surface area contributed by atoms with Crippen LogP contribution in [0.5, 0.6) is 11.6 Å². The summed E-state index contributed by atoms with van der Waals surface area (Å²) in [5.74, 6) is 0.956. The average molecular weight is 351 g/mol. The van der Waals surface area contributed by atoms with Crippen LogP contribution in [0.4, 0.5) is 0 Å². The number of ketones is 1. The van der Waals surface area contributed by atoms with Gasteiger partial charge in [0.25, 0.3) is 0 Å². The van der Waals surface area contributed by atoms with Crippen molar-refractivity contribution in [2.45, 2.75) is 6.92 Å². The first kappa shape index (κ1) is 16.9. The van der Waals surface area contributed by atoms with Gasteiger partial charge in [-0.2, -0.15) is 0 Å². The van der Waals surface area contributed by atoms with Crippen LogP contribution < -0.4 is 4.74 Å². The Hall–Kier alpha value is -2.98. The van der Waals surface area contributed by atoms with E-state index in [4.69, 9.17) is 16.3 Å². The van der Waals surface area contributed by atoms with E-state index in [1.54, 1.807) is 36.4 Å². The average Bonchev–Trinajstić information content (AvgIpc) is 2.63. The van der Waals surface area contributed by atoms with Crippen LogP contribution in [0.15, 0.2) is 66.7 Å². The molecule has 0 N–H and O–H groups in total. The Morgan fingerprint density at radius 2 is 1.68 bits per heavy atom. The van der Waals surface area contributed by atoms with Gasteiger partial charge < -0.3 is 4.74 Å². The van der Waals surface area contributed by atoms with E-state index in [0.717, 1.165) is 11.1 Å². The number of hydrogen-bond donors (Lipinski definition) is 0. The third kappa shape index (κ3) is 4.75. The molecule has 0 amide bonds. The Labute approximate surface area is 150 Å². The molecule has 0 unspecified atom stereocenters. The SMILES string of the molecule is Cc1ccc(C(=O)/C=C/c2ccc(Oc3ccc(Cl)nn3)cc2)cc1. The fourth-order valence-corrected chi connectivity index (χ4v) is 2.21. The summed E-state index contributed by atoms with van der Waals surface area (Å²) in [5, 5.41) is 7.86. The molecule has 2 aromatic carbocycles. The zero-order valence-corrected chi connectivity index (χ0v) is 14.3. The van der Waals surface area contributed by atoms with Gasteiger partial charge in [0.05, 0.1) is 0 Å². The molecule has 0 fully saturated rings. The number of allylic oxidation sites excluding steroid dienone is 1. The first-order valence-corrected chi connectivity index (χ1v) is 8.04. The van der Waals surface area contributed by atoms with Crippen molar-refractivity contribution in [2.75, 3.05) is 0 Å². The summed E-state index contributed by atoms with van der Waals surface area (Å²) in [6.45, 7) is 1.99. The lowest BCUT2D eigenvalue weighted by Crippen LogP contribution is -1.93. The number of aromatic nitrogens is 2. The van der Waals surface area contributed by atoms with Gasteiger partial charge in [-0.3, -0.25) is 4.79 Å². The van der Waals surface area contributed by atoms with Crippen LogP contribution in [0.25, 0.3) is 6.08 Å². The van der Waals surface area contributed by atoms with E-state index in [1.807, 2.05) is 43.3 Å². The van der Waals surface area contributed by atoms with Crippen LogP contribution in [0, 0.1) is 6.92 Å². The number of rotatable bonds is 5. The van der Waals surface area contributed by atoms with E-state index in [2.05, 4.69) is 10.2 Å². The predicted molar refractivity (Wildman–Crippen MR) is 98.1 cm³/mol. The van der Waals surface area contributed by atoms with Gasteiger partial charge in [0, 0.05) is 11.6 Å². The normalized spacial score (nSPS) is 10.8. The Kier molecular flexibility index (Phi) is 5.21. The van der Waals surface area contributed by atoms with Crippen LogP contribution in [0.2, 0.25) is 5.15 Å². The molecule has 1 heterocycles. The smallest absolute Gasteiger partial charge is 0.238 e. The van der Waals surface area contributed by atoms with Crippen molar-refractivity contribution in [3.63, 3.8) is 0 Å².